The third kappa shape index (κ3) is 5.55. The molecule has 0 rings (SSSR count). The maximum absolute atomic E-state index is 11.3. The molecule has 0 aliphatic rings. The van der Waals surface area contributed by atoms with Crippen LogP contribution in [0.4, 0.5) is 4.79 Å². The molecule has 6 heteroatoms. The average molecular weight is 233 g/mol. The van der Waals surface area contributed by atoms with Gasteiger partial charge in [-0.1, -0.05) is 6.92 Å². The molecule has 1 amide bonds. The third-order valence-corrected chi connectivity index (χ3v) is 1.74. The van der Waals surface area contributed by atoms with Crippen molar-refractivity contribution in [1.29, 1.82) is 0 Å². The number of alkyl carbamates (subject to hydrolysis) is 1. The molecule has 0 heterocycles. The number of carboxylic acids is 1. The van der Waals surface area contributed by atoms with Crippen LogP contribution < -0.4 is 5.32 Å². The summed E-state index contributed by atoms with van der Waals surface area (Å²) in [5, 5.41) is 20.3. The van der Waals surface area contributed by atoms with Crippen LogP contribution in [0.25, 0.3) is 0 Å². The topological polar surface area (TPSA) is 95.9 Å². The van der Waals surface area contributed by atoms with Crippen LogP contribution in [0.1, 0.15) is 34.1 Å². The first-order chi connectivity index (χ1) is 7.17. The highest BCUT2D eigenvalue weighted by Crippen LogP contribution is 2.08. The number of hydrogen-bond donors (Lipinski definition) is 3. The van der Waals surface area contributed by atoms with Crippen LogP contribution >= 0.6 is 0 Å². The van der Waals surface area contributed by atoms with E-state index >= 15 is 0 Å². The van der Waals surface area contributed by atoms with E-state index < -0.39 is 29.8 Å². The normalized spacial score (nSPS) is 15.1. The zero-order chi connectivity index (χ0) is 12.9. The molecule has 0 bridgehead atoms. The summed E-state index contributed by atoms with van der Waals surface area (Å²) in [5.74, 6) is -1.29. The second kappa shape index (κ2) is 5.69. The Bertz CT molecular complexity index is 258. The molecule has 0 fully saturated rings. The number of amides is 1. The van der Waals surface area contributed by atoms with Crippen molar-refractivity contribution in [2.45, 2.75) is 51.9 Å². The van der Waals surface area contributed by atoms with Gasteiger partial charge in [-0.2, -0.15) is 0 Å². The molecule has 2 atom stereocenters. The molecule has 3 N–H and O–H groups in total. The third-order valence-electron chi connectivity index (χ3n) is 1.74. The maximum Gasteiger partial charge on any atom is 0.408 e. The lowest BCUT2D eigenvalue weighted by atomic mass is 10.1. The minimum Gasteiger partial charge on any atom is -0.480 e. The van der Waals surface area contributed by atoms with Crippen molar-refractivity contribution in [1.82, 2.24) is 5.32 Å². The number of nitrogens with one attached hydrogen (secondary N) is 1. The van der Waals surface area contributed by atoms with E-state index in [9.17, 15) is 14.7 Å². The van der Waals surface area contributed by atoms with E-state index in [-0.39, 0.29) is 6.42 Å². The van der Waals surface area contributed by atoms with Crippen LogP contribution in [0.15, 0.2) is 0 Å². The molecule has 0 aromatic heterocycles. The van der Waals surface area contributed by atoms with Gasteiger partial charge in [0.15, 0.2) is 6.04 Å². The van der Waals surface area contributed by atoms with Crippen molar-refractivity contribution < 1.29 is 24.5 Å². The number of ether oxygens (including phenoxy) is 1. The van der Waals surface area contributed by atoms with Crippen molar-refractivity contribution in [3.63, 3.8) is 0 Å². The summed E-state index contributed by atoms with van der Waals surface area (Å²) in [6, 6.07) is -1.35. The van der Waals surface area contributed by atoms with Gasteiger partial charge >= 0.3 is 12.1 Å². The van der Waals surface area contributed by atoms with Crippen LogP contribution in [-0.4, -0.2) is 40.0 Å². The van der Waals surface area contributed by atoms with Gasteiger partial charge in [0.25, 0.3) is 0 Å². The number of aliphatic hydroxyl groups is 1. The molecule has 0 aliphatic carbocycles. The number of carboxylic acid groups (broad SMARTS) is 1. The van der Waals surface area contributed by atoms with Gasteiger partial charge < -0.3 is 20.3 Å². The first-order valence-electron chi connectivity index (χ1n) is 5.07. The molecule has 0 saturated heterocycles. The second-order valence-corrected chi connectivity index (χ2v) is 4.44. The Kier molecular flexibility index (Phi) is 5.23. The van der Waals surface area contributed by atoms with E-state index in [0.29, 0.717) is 0 Å². The summed E-state index contributed by atoms with van der Waals surface area (Å²) in [5.41, 5.74) is -0.704. The van der Waals surface area contributed by atoms with E-state index in [1.54, 1.807) is 27.7 Å². The Morgan fingerprint density at radius 1 is 1.38 bits per heavy atom. The van der Waals surface area contributed by atoms with Gasteiger partial charge in [-0.3, -0.25) is 0 Å². The molecule has 0 aromatic carbocycles. The van der Waals surface area contributed by atoms with Crippen LogP contribution in [0.2, 0.25) is 0 Å². The van der Waals surface area contributed by atoms with Gasteiger partial charge in [0, 0.05) is 0 Å². The lowest BCUT2D eigenvalue weighted by Crippen LogP contribution is -2.49. The largest absolute Gasteiger partial charge is 0.480 e. The molecule has 6 nitrogen and oxygen atoms in total. The summed E-state index contributed by atoms with van der Waals surface area (Å²) in [4.78, 5) is 22.1. The van der Waals surface area contributed by atoms with Crippen molar-refractivity contribution in [2.75, 3.05) is 0 Å². The quantitative estimate of drug-likeness (QED) is 0.665. The molecule has 0 saturated carbocycles. The van der Waals surface area contributed by atoms with Crippen molar-refractivity contribution >= 4 is 12.1 Å². The van der Waals surface area contributed by atoms with E-state index in [1.165, 1.54) is 0 Å². The standard InChI is InChI=1S/C10H19NO5/c1-5-6(12)7(8(13)14)11-9(15)16-10(2,3)4/h6-7,12H,5H2,1-4H3,(H,11,15)(H,13,14)/t6-,7+/m0/s1. The van der Waals surface area contributed by atoms with Crippen LogP contribution in [-0.2, 0) is 9.53 Å². The van der Waals surface area contributed by atoms with Crippen LogP contribution in [0.5, 0.6) is 0 Å². The van der Waals surface area contributed by atoms with E-state index in [4.69, 9.17) is 9.84 Å². The van der Waals surface area contributed by atoms with Crippen molar-refractivity contribution in [3.05, 3.63) is 0 Å². The summed E-state index contributed by atoms with van der Waals surface area (Å²) in [7, 11) is 0. The van der Waals surface area contributed by atoms with Gasteiger partial charge in [0.05, 0.1) is 6.10 Å². The summed E-state index contributed by atoms with van der Waals surface area (Å²) >= 11 is 0. The molecular formula is C10H19NO5. The van der Waals surface area contributed by atoms with Crippen molar-refractivity contribution in [3.8, 4) is 0 Å². The Labute approximate surface area is 94.6 Å². The zero-order valence-electron chi connectivity index (χ0n) is 9.98. The summed E-state index contributed by atoms with van der Waals surface area (Å²) in [6.07, 6.45) is -1.76. The number of carbonyl (C=O) groups is 2. The summed E-state index contributed by atoms with van der Waals surface area (Å²) < 4.78 is 4.89. The molecule has 94 valence electrons. The fraction of sp³-hybridized carbons (Fsp3) is 0.800. The Hall–Kier alpha value is -1.30. The fourth-order valence-electron chi connectivity index (χ4n) is 0.993. The van der Waals surface area contributed by atoms with Crippen LogP contribution in [0, 0.1) is 0 Å². The maximum atomic E-state index is 11.3. The molecule has 16 heavy (non-hydrogen) atoms. The lowest BCUT2D eigenvalue weighted by molar-refractivity contribution is -0.142. The highest BCUT2D eigenvalue weighted by atomic mass is 16.6. The average Bonchev–Trinajstić information content (AvgIpc) is 2.09. The molecule has 0 radical (unpaired) electrons. The van der Waals surface area contributed by atoms with E-state index in [0.717, 1.165) is 0 Å². The lowest BCUT2D eigenvalue weighted by Gasteiger charge is -2.23. The number of aliphatic carboxylic acids is 1. The Balaban J connectivity index is 4.42. The second-order valence-electron chi connectivity index (χ2n) is 4.44. The van der Waals surface area contributed by atoms with Gasteiger partial charge in [-0.15, -0.1) is 0 Å². The number of hydrogen-bond acceptors (Lipinski definition) is 4. The van der Waals surface area contributed by atoms with Gasteiger partial charge in [-0.05, 0) is 27.2 Å². The van der Waals surface area contributed by atoms with Gasteiger partial charge in [0.2, 0.25) is 0 Å². The van der Waals surface area contributed by atoms with Gasteiger partial charge in [0.1, 0.15) is 5.60 Å². The number of aliphatic hydroxyl groups excluding tert-OH is 1. The van der Waals surface area contributed by atoms with E-state index in [1.807, 2.05) is 0 Å². The molecule has 0 unspecified atom stereocenters. The first-order valence-corrected chi connectivity index (χ1v) is 5.07. The van der Waals surface area contributed by atoms with Crippen molar-refractivity contribution in [2.24, 2.45) is 0 Å². The smallest absolute Gasteiger partial charge is 0.408 e. The summed E-state index contributed by atoms with van der Waals surface area (Å²) in [6.45, 7) is 6.62. The molecule has 0 spiro atoms. The zero-order valence-corrected chi connectivity index (χ0v) is 9.98. The highest BCUT2D eigenvalue weighted by molar-refractivity contribution is 5.80. The molecule has 0 aromatic rings. The molecular weight excluding hydrogens is 214 g/mol. The minimum absolute atomic E-state index is 0.229. The van der Waals surface area contributed by atoms with Crippen LogP contribution in [0.3, 0.4) is 0 Å². The molecule has 0 aliphatic heterocycles. The SMILES string of the molecule is CC[C@H](O)[C@@H](NC(=O)OC(C)(C)C)C(=O)O. The minimum atomic E-state index is -1.35. The number of carbonyl (C=O) groups excluding carboxylic acids is 1. The Morgan fingerprint density at radius 3 is 2.19 bits per heavy atom. The predicted molar refractivity (Wildman–Crippen MR) is 57.1 cm³/mol. The Morgan fingerprint density at radius 2 is 1.88 bits per heavy atom. The highest BCUT2D eigenvalue weighted by Gasteiger charge is 2.28. The van der Waals surface area contributed by atoms with Gasteiger partial charge in [-0.25, -0.2) is 9.59 Å². The number of rotatable bonds is 4. The fourth-order valence-corrected chi connectivity index (χ4v) is 0.993. The first kappa shape index (κ1) is 14.7. The predicted octanol–water partition coefficient (Wildman–Crippen LogP) is 0.735. The monoisotopic (exact) mass is 233 g/mol. The van der Waals surface area contributed by atoms with E-state index in [2.05, 4.69) is 5.32 Å².